The predicted octanol–water partition coefficient (Wildman–Crippen LogP) is 5.46. The molecular formula is C30H29FN6O2. The first kappa shape index (κ1) is 23.8. The predicted molar refractivity (Wildman–Crippen MR) is 148 cm³/mol. The molecule has 2 aromatic carbocycles. The Morgan fingerprint density at radius 2 is 1.95 bits per heavy atom. The van der Waals surface area contributed by atoms with E-state index in [0.717, 1.165) is 45.5 Å². The lowest BCUT2D eigenvalue weighted by atomic mass is 9.86. The monoisotopic (exact) mass is 524 g/mol. The third-order valence-corrected chi connectivity index (χ3v) is 7.81. The molecule has 1 unspecified atom stereocenters. The van der Waals surface area contributed by atoms with Gasteiger partial charge in [0.15, 0.2) is 0 Å². The van der Waals surface area contributed by atoms with Crippen molar-refractivity contribution in [2.24, 2.45) is 12.5 Å². The van der Waals surface area contributed by atoms with E-state index in [4.69, 9.17) is 9.47 Å². The van der Waals surface area contributed by atoms with Crippen LogP contribution in [0.2, 0.25) is 0 Å². The summed E-state index contributed by atoms with van der Waals surface area (Å²) in [5.41, 5.74) is 6.17. The van der Waals surface area contributed by atoms with Crippen LogP contribution in [0.15, 0.2) is 61.1 Å². The average molecular weight is 525 g/mol. The third kappa shape index (κ3) is 4.13. The van der Waals surface area contributed by atoms with Crippen LogP contribution in [0.3, 0.4) is 0 Å². The van der Waals surface area contributed by atoms with E-state index in [2.05, 4.69) is 57.2 Å². The SMILES string of the molecule is Cn1cc(-c2cc3cc(c2)N2CCOC(C2)C(C)(C)COc2cccc(F)c2-c2cc4c-3n[nH]c4cn2)cn1. The van der Waals surface area contributed by atoms with Crippen molar-refractivity contribution in [3.63, 3.8) is 0 Å². The molecule has 0 aliphatic carbocycles. The molecule has 198 valence electrons. The number of hydrogen-bond donors (Lipinski definition) is 1. The van der Waals surface area contributed by atoms with Crippen molar-refractivity contribution < 1.29 is 13.9 Å². The summed E-state index contributed by atoms with van der Waals surface area (Å²) < 4.78 is 29.7. The van der Waals surface area contributed by atoms with Gasteiger partial charge in [-0.1, -0.05) is 19.9 Å². The summed E-state index contributed by atoms with van der Waals surface area (Å²) >= 11 is 0. The van der Waals surface area contributed by atoms with Crippen LogP contribution in [0.25, 0.3) is 44.5 Å². The number of fused-ring (bicyclic) bond motifs is 9. The Balaban J connectivity index is 1.49. The lowest BCUT2D eigenvalue weighted by molar-refractivity contribution is -0.0512. The van der Waals surface area contributed by atoms with Crippen LogP contribution in [-0.4, -0.2) is 57.4 Å². The zero-order chi connectivity index (χ0) is 26.7. The van der Waals surface area contributed by atoms with Crippen molar-refractivity contribution in [2.75, 3.05) is 31.2 Å². The molecule has 1 fully saturated rings. The Bertz CT molecular complexity index is 1710. The number of pyridine rings is 1. The number of ether oxygens (including phenoxy) is 2. The number of halogens is 1. The number of rotatable bonds is 1. The molecule has 3 aromatic heterocycles. The lowest BCUT2D eigenvalue weighted by Crippen LogP contribution is -2.50. The minimum atomic E-state index is -0.382. The van der Waals surface area contributed by atoms with Gasteiger partial charge < -0.3 is 14.4 Å². The molecule has 1 saturated heterocycles. The highest BCUT2D eigenvalue weighted by Gasteiger charge is 2.36. The highest BCUT2D eigenvalue weighted by atomic mass is 19.1. The van der Waals surface area contributed by atoms with Gasteiger partial charge in [0.2, 0.25) is 0 Å². The van der Waals surface area contributed by atoms with Gasteiger partial charge in [-0.2, -0.15) is 10.2 Å². The van der Waals surface area contributed by atoms with E-state index < -0.39 is 0 Å². The van der Waals surface area contributed by atoms with E-state index in [1.165, 1.54) is 6.07 Å². The molecule has 6 bridgehead atoms. The Morgan fingerprint density at radius 3 is 2.79 bits per heavy atom. The molecule has 8 nitrogen and oxygen atoms in total. The number of aromatic nitrogens is 5. The number of anilines is 1. The summed E-state index contributed by atoms with van der Waals surface area (Å²) in [5, 5.41) is 13.1. The average Bonchev–Trinajstić information content (AvgIpc) is 3.57. The quantitative estimate of drug-likeness (QED) is 0.314. The van der Waals surface area contributed by atoms with Gasteiger partial charge in [0.1, 0.15) is 17.3 Å². The number of hydrogen-bond acceptors (Lipinski definition) is 6. The lowest BCUT2D eigenvalue weighted by Gasteiger charge is -2.42. The molecule has 7 rings (SSSR count). The van der Waals surface area contributed by atoms with Gasteiger partial charge in [0.05, 0.1) is 48.5 Å². The number of aromatic amines is 1. The van der Waals surface area contributed by atoms with Crippen molar-refractivity contribution in [3.8, 4) is 39.4 Å². The molecule has 9 heteroatoms. The van der Waals surface area contributed by atoms with E-state index in [-0.39, 0.29) is 17.3 Å². The number of morpholine rings is 1. The van der Waals surface area contributed by atoms with E-state index in [1.54, 1.807) is 23.0 Å². The fourth-order valence-electron chi connectivity index (χ4n) is 5.53. The highest BCUT2D eigenvalue weighted by Crippen LogP contribution is 2.39. The molecule has 5 aromatic rings. The first-order valence-corrected chi connectivity index (χ1v) is 13.1. The minimum absolute atomic E-state index is 0.0878. The first-order chi connectivity index (χ1) is 18.9. The topological polar surface area (TPSA) is 81.1 Å². The molecule has 0 spiro atoms. The highest BCUT2D eigenvalue weighted by molar-refractivity contribution is 5.96. The van der Waals surface area contributed by atoms with Crippen LogP contribution in [0.4, 0.5) is 10.1 Å². The second-order valence-corrected chi connectivity index (χ2v) is 11.1. The number of H-pyrrole nitrogens is 1. The fraction of sp³-hybridized carbons (Fsp3) is 0.300. The summed E-state index contributed by atoms with van der Waals surface area (Å²) in [5.74, 6) is 0.0782. The van der Waals surface area contributed by atoms with E-state index in [0.29, 0.717) is 36.8 Å². The maximum absolute atomic E-state index is 15.3. The first-order valence-electron chi connectivity index (χ1n) is 13.1. The van der Waals surface area contributed by atoms with Crippen LogP contribution in [0, 0.1) is 11.2 Å². The van der Waals surface area contributed by atoms with Crippen LogP contribution >= 0.6 is 0 Å². The molecule has 39 heavy (non-hydrogen) atoms. The maximum Gasteiger partial charge on any atom is 0.136 e. The van der Waals surface area contributed by atoms with Gasteiger partial charge in [-0.3, -0.25) is 14.8 Å². The van der Waals surface area contributed by atoms with Crippen LogP contribution in [0.5, 0.6) is 5.75 Å². The molecule has 0 saturated carbocycles. The zero-order valence-electron chi connectivity index (χ0n) is 22.1. The van der Waals surface area contributed by atoms with E-state index >= 15 is 4.39 Å². The van der Waals surface area contributed by atoms with Gasteiger partial charge in [0.25, 0.3) is 0 Å². The van der Waals surface area contributed by atoms with Gasteiger partial charge in [0, 0.05) is 53.9 Å². The van der Waals surface area contributed by atoms with E-state index in [9.17, 15) is 0 Å². The van der Waals surface area contributed by atoms with Crippen molar-refractivity contribution >= 4 is 16.6 Å². The van der Waals surface area contributed by atoms with Gasteiger partial charge in [-0.25, -0.2) is 4.39 Å². The molecule has 5 heterocycles. The Morgan fingerprint density at radius 1 is 1.08 bits per heavy atom. The number of nitrogens with one attached hydrogen (secondary N) is 1. The standard InChI is InChI=1S/C30H29FN6O2/c1-30(2)17-39-26-6-4-5-23(31)28(26)24-12-22-25(14-32-24)34-35-29(22)19-9-18(20-13-33-36(3)15-20)10-21(11-19)37-7-8-38-27(30)16-37/h4-6,9-15,27H,7-8,16-17H2,1-3H3,(H,34,35). The smallest absolute Gasteiger partial charge is 0.136 e. The van der Waals surface area contributed by atoms with Crippen LogP contribution in [-0.2, 0) is 11.8 Å². The summed E-state index contributed by atoms with van der Waals surface area (Å²) in [6, 6.07) is 13.3. The van der Waals surface area contributed by atoms with Crippen molar-refractivity contribution in [3.05, 3.63) is 66.9 Å². The minimum Gasteiger partial charge on any atom is -0.492 e. The van der Waals surface area contributed by atoms with E-state index in [1.807, 2.05) is 25.5 Å². The number of benzene rings is 2. The Kier molecular flexibility index (Phi) is 5.45. The van der Waals surface area contributed by atoms with Crippen molar-refractivity contribution in [1.82, 2.24) is 25.0 Å². The molecule has 1 atom stereocenters. The number of nitrogens with zero attached hydrogens (tertiary/aromatic N) is 5. The zero-order valence-corrected chi connectivity index (χ0v) is 22.1. The summed E-state index contributed by atoms with van der Waals surface area (Å²) in [6.07, 6.45) is 5.50. The summed E-state index contributed by atoms with van der Waals surface area (Å²) in [7, 11) is 1.92. The van der Waals surface area contributed by atoms with Gasteiger partial charge in [-0.15, -0.1) is 0 Å². The third-order valence-electron chi connectivity index (χ3n) is 7.81. The normalized spacial score (nSPS) is 18.4. The molecule has 2 aliphatic heterocycles. The maximum atomic E-state index is 15.3. The van der Waals surface area contributed by atoms with Crippen LogP contribution in [0.1, 0.15) is 13.8 Å². The second kappa shape index (κ2) is 8.91. The largest absolute Gasteiger partial charge is 0.492 e. The molecule has 0 radical (unpaired) electrons. The molecule has 0 amide bonds. The molecule has 2 aliphatic rings. The Hall–Kier alpha value is -4.24. The van der Waals surface area contributed by atoms with Crippen LogP contribution < -0.4 is 9.64 Å². The number of aryl methyl sites for hydroxylation is 1. The van der Waals surface area contributed by atoms with Crippen molar-refractivity contribution in [2.45, 2.75) is 20.0 Å². The molecular weight excluding hydrogens is 495 g/mol. The summed E-state index contributed by atoms with van der Waals surface area (Å²) in [6.45, 7) is 6.71. The second-order valence-electron chi connectivity index (χ2n) is 11.1. The van der Waals surface area contributed by atoms with Gasteiger partial charge >= 0.3 is 0 Å². The summed E-state index contributed by atoms with van der Waals surface area (Å²) in [4.78, 5) is 6.96. The fourth-order valence-corrected chi connectivity index (χ4v) is 5.53. The Labute approximate surface area is 225 Å². The molecule has 1 N–H and O–H groups in total. The van der Waals surface area contributed by atoms with Gasteiger partial charge in [-0.05, 0) is 42.0 Å². The van der Waals surface area contributed by atoms with Crippen molar-refractivity contribution in [1.29, 1.82) is 0 Å².